The molecule has 2 aromatic rings. The van der Waals surface area contributed by atoms with Crippen molar-refractivity contribution in [3.63, 3.8) is 0 Å². The minimum atomic E-state index is 0.855. The summed E-state index contributed by atoms with van der Waals surface area (Å²) in [6.07, 6.45) is 0. The largest absolute Gasteiger partial charge is 0.349 e. The molecule has 1 N–H and O–H groups in total. The summed E-state index contributed by atoms with van der Waals surface area (Å²) in [5.41, 5.74) is 5.22. The van der Waals surface area contributed by atoms with Crippen molar-refractivity contribution >= 4 is 11.3 Å². The van der Waals surface area contributed by atoms with Gasteiger partial charge in [0.25, 0.3) is 0 Å². The lowest BCUT2D eigenvalue weighted by molar-refractivity contribution is 0.673. The van der Waals surface area contributed by atoms with Crippen molar-refractivity contribution in [1.82, 2.24) is 14.9 Å². The Bertz CT molecular complexity index is 525. The van der Waals surface area contributed by atoms with Gasteiger partial charge < -0.3 is 9.88 Å². The Balaban J connectivity index is 1.94. The third-order valence-electron chi connectivity index (χ3n) is 3.25. The first-order chi connectivity index (χ1) is 8.61. The third-order valence-corrected chi connectivity index (χ3v) is 4.22. The monoisotopic (exact) mass is 263 g/mol. The van der Waals surface area contributed by atoms with Gasteiger partial charge in [0, 0.05) is 42.1 Å². The molecule has 0 atom stereocenters. The molecule has 0 bridgehead atoms. The molecule has 0 amide bonds. The lowest BCUT2D eigenvalue weighted by Crippen LogP contribution is -2.13. The molecule has 0 aliphatic rings. The fourth-order valence-electron chi connectivity index (χ4n) is 2.33. The molecular formula is C14H21N3S. The van der Waals surface area contributed by atoms with Gasteiger partial charge >= 0.3 is 0 Å². The number of aromatic nitrogens is 2. The zero-order chi connectivity index (χ0) is 13.1. The zero-order valence-electron chi connectivity index (χ0n) is 11.6. The van der Waals surface area contributed by atoms with Gasteiger partial charge in [0.15, 0.2) is 0 Å². The first-order valence-corrected chi connectivity index (χ1v) is 7.27. The van der Waals surface area contributed by atoms with Gasteiger partial charge in [-0.2, -0.15) is 0 Å². The quantitative estimate of drug-likeness (QED) is 0.898. The summed E-state index contributed by atoms with van der Waals surface area (Å²) in [5.74, 6) is 0. The highest BCUT2D eigenvalue weighted by molar-refractivity contribution is 7.09. The van der Waals surface area contributed by atoms with Crippen molar-refractivity contribution in [3.05, 3.63) is 39.1 Å². The first-order valence-electron chi connectivity index (χ1n) is 6.39. The fourth-order valence-corrected chi connectivity index (χ4v) is 3.07. The number of hydrogen-bond donors (Lipinski definition) is 1. The molecule has 3 nitrogen and oxygen atoms in total. The Labute approximate surface area is 113 Å². The van der Waals surface area contributed by atoms with Crippen LogP contribution in [0, 0.1) is 20.8 Å². The molecule has 0 unspecified atom stereocenters. The van der Waals surface area contributed by atoms with E-state index in [4.69, 9.17) is 0 Å². The van der Waals surface area contributed by atoms with Crippen LogP contribution in [0.3, 0.4) is 0 Å². The number of nitrogens with one attached hydrogen (secondary N) is 1. The second kappa shape index (κ2) is 5.67. The van der Waals surface area contributed by atoms with Crippen molar-refractivity contribution in [2.75, 3.05) is 0 Å². The molecule has 0 aromatic carbocycles. The molecule has 0 saturated heterocycles. The van der Waals surface area contributed by atoms with Crippen LogP contribution in [0.1, 0.15) is 34.6 Å². The smallest absolute Gasteiger partial charge is 0.107 e. The maximum absolute atomic E-state index is 4.45. The Morgan fingerprint density at radius 2 is 2.06 bits per heavy atom. The van der Waals surface area contributed by atoms with Crippen molar-refractivity contribution in [1.29, 1.82) is 0 Å². The number of rotatable bonds is 5. The predicted molar refractivity (Wildman–Crippen MR) is 77.0 cm³/mol. The van der Waals surface area contributed by atoms with Crippen LogP contribution in [-0.2, 0) is 19.6 Å². The van der Waals surface area contributed by atoms with E-state index < -0.39 is 0 Å². The van der Waals surface area contributed by atoms with Crippen LogP contribution in [0.4, 0.5) is 0 Å². The van der Waals surface area contributed by atoms with E-state index in [0.29, 0.717) is 0 Å². The van der Waals surface area contributed by atoms with Gasteiger partial charge in [0.05, 0.1) is 0 Å². The van der Waals surface area contributed by atoms with Gasteiger partial charge in [-0.25, -0.2) is 4.98 Å². The van der Waals surface area contributed by atoms with Crippen LogP contribution in [0.5, 0.6) is 0 Å². The van der Waals surface area contributed by atoms with Gasteiger partial charge in [0.1, 0.15) is 5.01 Å². The summed E-state index contributed by atoms with van der Waals surface area (Å²) in [5, 5.41) is 6.73. The average Bonchev–Trinajstić information content (AvgIpc) is 2.85. The summed E-state index contributed by atoms with van der Waals surface area (Å²) in [6, 6.07) is 2.28. The van der Waals surface area contributed by atoms with E-state index in [1.54, 1.807) is 11.3 Å². The number of aryl methyl sites for hydroxylation is 2. The summed E-state index contributed by atoms with van der Waals surface area (Å²) in [4.78, 5) is 4.45. The topological polar surface area (TPSA) is 29.9 Å². The average molecular weight is 263 g/mol. The molecule has 0 radical (unpaired) electrons. The summed E-state index contributed by atoms with van der Waals surface area (Å²) in [7, 11) is 0. The van der Waals surface area contributed by atoms with Gasteiger partial charge in [-0.05, 0) is 39.3 Å². The highest BCUT2D eigenvalue weighted by Gasteiger charge is 2.07. The van der Waals surface area contributed by atoms with E-state index in [1.165, 1.54) is 17.0 Å². The summed E-state index contributed by atoms with van der Waals surface area (Å²) in [6.45, 7) is 11.4. The molecule has 0 aliphatic carbocycles. The van der Waals surface area contributed by atoms with Gasteiger partial charge in [0.2, 0.25) is 0 Å². The van der Waals surface area contributed by atoms with Crippen LogP contribution < -0.4 is 5.32 Å². The fraction of sp³-hybridized carbons (Fsp3) is 0.500. The van der Waals surface area contributed by atoms with Gasteiger partial charge in [-0.15, -0.1) is 11.3 Å². The normalized spacial score (nSPS) is 11.1. The molecule has 2 heterocycles. The van der Waals surface area contributed by atoms with E-state index in [1.807, 2.05) is 6.92 Å². The minimum Gasteiger partial charge on any atom is -0.349 e. The number of thiazole rings is 1. The zero-order valence-corrected chi connectivity index (χ0v) is 12.4. The van der Waals surface area contributed by atoms with Gasteiger partial charge in [-0.1, -0.05) is 0 Å². The number of hydrogen-bond acceptors (Lipinski definition) is 3. The molecule has 0 aliphatic heterocycles. The van der Waals surface area contributed by atoms with Crippen LogP contribution in [0.2, 0.25) is 0 Å². The predicted octanol–water partition coefficient (Wildman–Crippen LogP) is 3.18. The Kier molecular flexibility index (Phi) is 4.19. The van der Waals surface area contributed by atoms with Crippen LogP contribution >= 0.6 is 11.3 Å². The summed E-state index contributed by atoms with van der Waals surface area (Å²) < 4.78 is 2.35. The van der Waals surface area contributed by atoms with Gasteiger partial charge in [-0.3, -0.25) is 0 Å². The van der Waals surface area contributed by atoms with Crippen molar-refractivity contribution in [2.24, 2.45) is 0 Å². The van der Waals surface area contributed by atoms with Crippen molar-refractivity contribution < 1.29 is 0 Å². The molecule has 18 heavy (non-hydrogen) atoms. The molecular weight excluding hydrogens is 242 g/mol. The first kappa shape index (κ1) is 13.3. The standard InChI is InChI=1S/C14H21N3S/c1-5-17-11(3)6-13(12(17)4)7-15-8-14-16-10(2)9-18-14/h6,9,15H,5,7-8H2,1-4H3. The Hall–Kier alpha value is -1.13. The SMILES string of the molecule is CCn1c(C)cc(CNCc2nc(C)cs2)c1C. The summed E-state index contributed by atoms with van der Waals surface area (Å²) >= 11 is 1.72. The Morgan fingerprint density at radius 1 is 1.28 bits per heavy atom. The number of nitrogens with zero attached hydrogens (tertiary/aromatic N) is 2. The molecule has 0 spiro atoms. The highest BCUT2D eigenvalue weighted by Crippen LogP contribution is 2.15. The van der Waals surface area contributed by atoms with E-state index in [0.717, 1.165) is 30.3 Å². The van der Waals surface area contributed by atoms with E-state index in [-0.39, 0.29) is 0 Å². The van der Waals surface area contributed by atoms with E-state index in [9.17, 15) is 0 Å². The molecule has 0 fully saturated rings. The second-order valence-corrected chi connectivity index (χ2v) is 5.57. The maximum Gasteiger partial charge on any atom is 0.107 e. The molecule has 2 aromatic heterocycles. The molecule has 98 valence electrons. The van der Waals surface area contributed by atoms with E-state index in [2.05, 4.69) is 47.1 Å². The second-order valence-electron chi connectivity index (χ2n) is 4.63. The maximum atomic E-state index is 4.45. The molecule has 4 heteroatoms. The van der Waals surface area contributed by atoms with Crippen LogP contribution in [0.25, 0.3) is 0 Å². The lowest BCUT2D eigenvalue weighted by Gasteiger charge is -2.06. The molecule has 0 saturated carbocycles. The Morgan fingerprint density at radius 3 is 2.61 bits per heavy atom. The van der Waals surface area contributed by atoms with Crippen molar-refractivity contribution in [3.8, 4) is 0 Å². The van der Waals surface area contributed by atoms with Crippen molar-refractivity contribution in [2.45, 2.75) is 47.3 Å². The third kappa shape index (κ3) is 2.82. The molecule has 2 rings (SSSR count). The van der Waals surface area contributed by atoms with Crippen LogP contribution in [-0.4, -0.2) is 9.55 Å². The highest BCUT2D eigenvalue weighted by atomic mass is 32.1. The van der Waals surface area contributed by atoms with E-state index >= 15 is 0 Å². The van der Waals surface area contributed by atoms with Crippen LogP contribution in [0.15, 0.2) is 11.4 Å². The lowest BCUT2D eigenvalue weighted by atomic mass is 10.2. The minimum absolute atomic E-state index is 0.855.